The summed E-state index contributed by atoms with van der Waals surface area (Å²) in [6.07, 6.45) is -1.19. The number of nitrogens with one attached hydrogen (secondary N) is 2. The number of amides is 2. The van der Waals surface area contributed by atoms with Gasteiger partial charge < -0.3 is 10.1 Å². The Morgan fingerprint density at radius 2 is 2.00 bits per heavy atom. The van der Waals surface area contributed by atoms with Crippen molar-refractivity contribution < 1.29 is 19.5 Å². The lowest BCUT2D eigenvalue weighted by molar-refractivity contribution is -0.137. The van der Waals surface area contributed by atoms with Crippen molar-refractivity contribution in [2.75, 3.05) is 12.4 Å². The van der Waals surface area contributed by atoms with Crippen LogP contribution in [0.5, 0.6) is 0 Å². The van der Waals surface area contributed by atoms with Crippen molar-refractivity contribution in [1.29, 1.82) is 0 Å². The van der Waals surface area contributed by atoms with E-state index in [-0.39, 0.29) is 6.42 Å². The van der Waals surface area contributed by atoms with Crippen LogP contribution in [0.4, 0.5) is 5.69 Å². The molecule has 0 radical (unpaired) electrons. The SMILES string of the molecule is CO[C@@H](CC(=O)NO)C(=O)Nc1ccccc1. The molecule has 17 heavy (non-hydrogen) atoms. The molecule has 0 aliphatic carbocycles. The van der Waals surface area contributed by atoms with Crippen LogP contribution in [0.3, 0.4) is 0 Å². The summed E-state index contributed by atoms with van der Waals surface area (Å²) in [6, 6.07) is 8.81. The number of hydroxylamine groups is 1. The van der Waals surface area contributed by atoms with E-state index in [4.69, 9.17) is 9.94 Å². The van der Waals surface area contributed by atoms with Gasteiger partial charge in [0.25, 0.3) is 5.91 Å². The fourth-order valence-corrected chi connectivity index (χ4v) is 1.24. The van der Waals surface area contributed by atoms with Crippen LogP contribution >= 0.6 is 0 Å². The van der Waals surface area contributed by atoms with Gasteiger partial charge in [-0.1, -0.05) is 18.2 Å². The number of para-hydroxylation sites is 1. The lowest BCUT2D eigenvalue weighted by atomic mass is 10.2. The van der Waals surface area contributed by atoms with Gasteiger partial charge in [0, 0.05) is 12.8 Å². The molecule has 3 N–H and O–H groups in total. The predicted molar refractivity (Wildman–Crippen MR) is 60.4 cm³/mol. The van der Waals surface area contributed by atoms with Crippen LogP contribution < -0.4 is 10.8 Å². The number of hydrogen-bond donors (Lipinski definition) is 3. The molecular formula is C11H14N2O4. The molecule has 0 saturated heterocycles. The Morgan fingerprint density at radius 3 is 2.53 bits per heavy atom. The van der Waals surface area contributed by atoms with E-state index >= 15 is 0 Å². The summed E-state index contributed by atoms with van der Waals surface area (Å²) < 4.78 is 4.87. The minimum atomic E-state index is -0.942. The molecule has 0 aromatic heterocycles. The molecule has 1 aromatic carbocycles. The molecule has 1 aromatic rings. The van der Waals surface area contributed by atoms with E-state index in [1.54, 1.807) is 24.3 Å². The lowest BCUT2D eigenvalue weighted by Crippen LogP contribution is -2.34. The molecule has 0 aliphatic rings. The number of hydrogen-bond acceptors (Lipinski definition) is 4. The number of carbonyl (C=O) groups excluding carboxylic acids is 2. The zero-order valence-corrected chi connectivity index (χ0v) is 9.34. The second-order valence-corrected chi connectivity index (χ2v) is 3.32. The van der Waals surface area contributed by atoms with Crippen LogP contribution in [0.1, 0.15) is 6.42 Å². The van der Waals surface area contributed by atoms with Gasteiger partial charge in [0.05, 0.1) is 6.42 Å². The second-order valence-electron chi connectivity index (χ2n) is 3.32. The minimum absolute atomic E-state index is 0.244. The Balaban J connectivity index is 2.58. The summed E-state index contributed by atoms with van der Waals surface area (Å²) in [7, 11) is 1.32. The van der Waals surface area contributed by atoms with Crippen LogP contribution in [0, 0.1) is 0 Å². The molecule has 0 fully saturated rings. The molecule has 1 atom stereocenters. The maximum atomic E-state index is 11.7. The highest BCUT2D eigenvalue weighted by Gasteiger charge is 2.21. The van der Waals surface area contributed by atoms with Gasteiger partial charge in [0.1, 0.15) is 6.10 Å². The maximum absolute atomic E-state index is 11.7. The van der Waals surface area contributed by atoms with Crippen molar-refractivity contribution in [2.24, 2.45) is 0 Å². The fraction of sp³-hybridized carbons (Fsp3) is 0.273. The smallest absolute Gasteiger partial charge is 0.254 e. The Labute approximate surface area is 98.5 Å². The van der Waals surface area contributed by atoms with Gasteiger partial charge in [-0.25, -0.2) is 5.48 Å². The van der Waals surface area contributed by atoms with Crippen molar-refractivity contribution >= 4 is 17.5 Å². The van der Waals surface area contributed by atoms with Crippen molar-refractivity contribution in [1.82, 2.24) is 5.48 Å². The molecule has 0 unspecified atom stereocenters. The van der Waals surface area contributed by atoms with E-state index < -0.39 is 17.9 Å². The Hall–Kier alpha value is -1.92. The van der Waals surface area contributed by atoms with Gasteiger partial charge in [-0.05, 0) is 12.1 Å². The van der Waals surface area contributed by atoms with Crippen molar-refractivity contribution in [2.45, 2.75) is 12.5 Å². The largest absolute Gasteiger partial charge is 0.371 e. The highest BCUT2D eigenvalue weighted by molar-refractivity contribution is 5.96. The number of rotatable bonds is 5. The second kappa shape index (κ2) is 6.62. The first kappa shape index (κ1) is 13.1. The Bertz CT molecular complexity index is 380. The number of ether oxygens (including phenoxy) is 1. The predicted octanol–water partition coefficient (Wildman–Crippen LogP) is 0.536. The first-order chi connectivity index (χ1) is 8.17. The van der Waals surface area contributed by atoms with E-state index in [1.807, 2.05) is 6.07 Å². The molecule has 0 bridgehead atoms. The monoisotopic (exact) mass is 238 g/mol. The maximum Gasteiger partial charge on any atom is 0.254 e. The van der Waals surface area contributed by atoms with E-state index in [9.17, 15) is 9.59 Å². The highest BCUT2D eigenvalue weighted by Crippen LogP contribution is 2.07. The van der Waals surface area contributed by atoms with Gasteiger partial charge in [-0.2, -0.15) is 0 Å². The average molecular weight is 238 g/mol. The van der Waals surface area contributed by atoms with Crippen molar-refractivity contribution in [3.8, 4) is 0 Å². The Morgan fingerprint density at radius 1 is 1.35 bits per heavy atom. The third-order valence-electron chi connectivity index (χ3n) is 2.11. The van der Waals surface area contributed by atoms with Crippen LogP contribution in [-0.2, 0) is 14.3 Å². The molecule has 2 amide bonds. The summed E-state index contributed by atoms with van der Waals surface area (Å²) in [6.45, 7) is 0. The van der Waals surface area contributed by atoms with Gasteiger partial charge in [-0.3, -0.25) is 14.8 Å². The van der Waals surface area contributed by atoms with E-state index in [1.165, 1.54) is 12.6 Å². The third-order valence-corrected chi connectivity index (χ3v) is 2.11. The molecule has 0 saturated carbocycles. The summed E-state index contributed by atoms with van der Waals surface area (Å²) in [5.74, 6) is -1.12. The average Bonchev–Trinajstić information content (AvgIpc) is 2.36. The first-order valence-corrected chi connectivity index (χ1v) is 4.99. The summed E-state index contributed by atoms with van der Waals surface area (Å²) in [5.41, 5.74) is 2.06. The van der Waals surface area contributed by atoms with Gasteiger partial charge in [-0.15, -0.1) is 0 Å². The molecule has 0 heterocycles. The zero-order valence-electron chi connectivity index (χ0n) is 9.34. The molecule has 92 valence electrons. The molecule has 1 rings (SSSR count). The molecule has 0 aliphatic heterocycles. The van der Waals surface area contributed by atoms with Crippen LogP contribution in [0.2, 0.25) is 0 Å². The van der Waals surface area contributed by atoms with Gasteiger partial charge in [0.2, 0.25) is 5.91 Å². The zero-order chi connectivity index (χ0) is 12.7. The molecule has 0 spiro atoms. The van der Waals surface area contributed by atoms with Crippen molar-refractivity contribution in [3.63, 3.8) is 0 Å². The van der Waals surface area contributed by atoms with Gasteiger partial charge in [0.15, 0.2) is 0 Å². The quantitative estimate of drug-likeness (QED) is 0.516. The molecular weight excluding hydrogens is 224 g/mol. The molecule has 6 heteroatoms. The van der Waals surface area contributed by atoms with Crippen LogP contribution in [0.15, 0.2) is 30.3 Å². The number of carbonyl (C=O) groups is 2. The number of benzene rings is 1. The summed E-state index contributed by atoms with van der Waals surface area (Å²) in [5, 5.41) is 11.0. The number of anilines is 1. The standard InChI is InChI=1S/C11H14N2O4/c1-17-9(7-10(14)13-16)11(15)12-8-5-3-2-4-6-8/h2-6,9,16H,7H2,1H3,(H,12,15)(H,13,14)/t9-/m0/s1. The lowest BCUT2D eigenvalue weighted by Gasteiger charge is -2.14. The summed E-state index contributed by atoms with van der Waals surface area (Å²) in [4.78, 5) is 22.6. The normalized spacial score (nSPS) is 11.6. The summed E-state index contributed by atoms with van der Waals surface area (Å²) >= 11 is 0. The van der Waals surface area contributed by atoms with Gasteiger partial charge >= 0.3 is 0 Å². The number of methoxy groups -OCH3 is 1. The third kappa shape index (κ3) is 4.21. The van der Waals surface area contributed by atoms with Crippen LogP contribution in [0.25, 0.3) is 0 Å². The minimum Gasteiger partial charge on any atom is -0.371 e. The van der Waals surface area contributed by atoms with E-state index in [2.05, 4.69) is 5.32 Å². The fourth-order valence-electron chi connectivity index (χ4n) is 1.24. The van der Waals surface area contributed by atoms with Crippen LogP contribution in [-0.4, -0.2) is 30.2 Å². The Kier molecular flexibility index (Phi) is 5.12. The highest BCUT2D eigenvalue weighted by atomic mass is 16.5. The topological polar surface area (TPSA) is 87.7 Å². The van der Waals surface area contributed by atoms with E-state index in [0.29, 0.717) is 5.69 Å². The first-order valence-electron chi connectivity index (χ1n) is 4.99. The van der Waals surface area contributed by atoms with E-state index in [0.717, 1.165) is 0 Å². The van der Waals surface area contributed by atoms with Crippen molar-refractivity contribution in [3.05, 3.63) is 30.3 Å². The molecule has 6 nitrogen and oxygen atoms in total.